The van der Waals surface area contributed by atoms with Crippen LogP contribution in [0.5, 0.6) is 5.75 Å². The second-order valence-electron chi connectivity index (χ2n) is 6.14. The normalized spacial score (nSPS) is 10.7. The summed E-state index contributed by atoms with van der Waals surface area (Å²) in [5.41, 5.74) is 2.34. The zero-order valence-electron chi connectivity index (χ0n) is 16.2. The monoisotopic (exact) mass is 407 g/mol. The molecular formula is C22H21N3O3S. The Labute approximate surface area is 173 Å². The molecule has 1 N–H and O–H groups in total. The highest BCUT2D eigenvalue weighted by molar-refractivity contribution is 7.14. The molecule has 1 heterocycles. The quantitative estimate of drug-likeness (QED) is 0.597. The maximum Gasteiger partial charge on any atom is 0.244 e. The molecule has 6 nitrogen and oxygen atoms in total. The molecular weight excluding hydrogens is 386 g/mol. The number of ether oxygens (including phenoxy) is 1. The predicted molar refractivity (Wildman–Crippen MR) is 115 cm³/mol. The molecule has 0 saturated carbocycles. The molecule has 7 heteroatoms. The maximum absolute atomic E-state index is 12.1. The molecule has 2 aromatic carbocycles. The first-order valence-electron chi connectivity index (χ1n) is 8.97. The molecule has 148 valence electrons. The number of rotatable bonds is 7. The van der Waals surface area contributed by atoms with Crippen LogP contribution in [0.15, 0.2) is 66.1 Å². The molecule has 0 unspecified atom stereocenters. The zero-order valence-corrected chi connectivity index (χ0v) is 17.0. The Hall–Kier alpha value is -3.45. The van der Waals surface area contributed by atoms with Crippen LogP contribution in [0.2, 0.25) is 0 Å². The molecule has 0 atom stereocenters. The number of anilines is 2. The van der Waals surface area contributed by atoms with Crippen molar-refractivity contribution < 1.29 is 14.3 Å². The summed E-state index contributed by atoms with van der Waals surface area (Å²) in [6, 6.07) is 16.8. The number of hydrogen-bond donors (Lipinski definition) is 1. The van der Waals surface area contributed by atoms with Gasteiger partial charge >= 0.3 is 0 Å². The Bertz CT molecular complexity index is 998. The van der Waals surface area contributed by atoms with E-state index in [1.165, 1.54) is 24.3 Å². The number of para-hydroxylation sites is 1. The average molecular weight is 407 g/mol. The summed E-state index contributed by atoms with van der Waals surface area (Å²) < 4.78 is 5.12. The number of thiazole rings is 1. The van der Waals surface area contributed by atoms with E-state index in [0.717, 1.165) is 17.0 Å². The van der Waals surface area contributed by atoms with Gasteiger partial charge in [0, 0.05) is 24.9 Å². The summed E-state index contributed by atoms with van der Waals surface area (Å²) in [6.45, 7) is 1.91. The van der Waals surface area contributed by atoms with Crippen LogP contribution in [0.1, 0.15) is 18.2 Å². The third-order valence-corrected chi connectivity index (χ3v) is 4.91. The van der Waals surface area contributed by atoms with Crippen molar-refractivity contribution in [2.24, 2.45) is 0 Å². The molecule has 1 aromatic heterocycles. The van der Waals surface area contributed by atoms with Gasteiger partial charge in [-0.05, 0) is 35.9 Å². The van der Waals surface area contributed by atoms with Crippen LogP contribution in [0.4, 0.5) is 10.8 Å². The highest BCUT2D eigenvalue weighted by atomic mass is 32.1. The van der Waals surface area contributed by atoms with Crippen molar-refractivity contribution in [2.45, 2.75) is 13.5 Å². The molecule has 0 aliphatic carbocycles. The van der Waals surface area contributed by atoms with E-state index in [1.807, 2.05) is 60.0 Å². The SMILES string of the molecule is COc1ccc(CNC(=O)/C=C/c2csc(N(C(C)=O)c3ccccc3)n2)cc1. The van der Waals surface area contributed by atoms with Gasteiger partial charge in [0.15, 0.2) is 5.13 Å². The van der Waals surface area contributed by atoms with Gasteiger partial charge in [-0.1, -0.05) is 30.3 Å². The number of nitrogens with zero attached hydrogens (tertiary/aromatic N) is 2. The number of methoxy groups -OCH3 is 1. The topological polar surface area (TPSA) is 71.5 Å². The van der Waals surface area contributed by atoms with Crippen LogP contribution in [-0.4, -0.2) is 23.9 Å². The van der Waals surface area contributed by atoms with E-state index in [-0.39, 0.29) is 11.8 Å². The molecule has 0 spiro atoms. The second-order valence-corrected chi connectivity index (χ2v) is 6.98. The lowest BCUT2D eigenvalue weighted by Crippen LogP contribution is -2.22. The fraction of sp³-hybridized carbons (Fsp3) is 0.136. The highest BCUT2D eigenvalue weighted by Gasteiger charge is 2.17. The minimum absolute atomic E-state index is 0.127. The first-order valence-corrected chi connectivity index (χ1v) is 9.85. The fourth-order valence-electron chi connectivity index (χ4n) is 2.61. The lowest BCUT2D eigenvalue weighted by Gasteiger charge is -2.17. The van der Waals surface area contributed by atoms with Crippen LogP contribution in [0.3, 0.4) is 0 Å². The molecule has 0 saturated heterocycles. The number of benzene rings is 2. The molecule has 3 aromatic rings. The highest BCUT2D eigenvalue weighted by Crippen LogP contribution is 2.28. The van der Waals surface area contributed by atoms with Gasteiger partial charge < -0.3 is 10.1 Å². The lowest BCUT2D eigenvalue weighted by molar-refractivity contribution is -0.117. The predicted octanol–water partition coefficient (Wildman–Crippen LogP) is 4.17. The minimum atomic E-state index is -0.221. The third-order valence-electron chi connectivity index (χ3n) is 4.06. The van der Waals surface area contributed by atoms with Gasteiger partial charge in [-0.2, -0.15) is 0 Å². The van der Waals surface area contributed by atoms with Crippen molar-refractivity contribution in [1.29, 1.82) is 0 Å². The molecule has 0 radical (unpaired) electrons. The van der Waals surface area contributed by atoms with E-state index in [2.05, 4.69) is 10.3 Å². The molecule has 3 rings (SSSR count). The van der Waals surface area contributed by atoms with E-state index in [9.17, 15) is 9.59 Å². The van der Waals surface area contributed by atoms with Gasteiger partial charge in [-0.15, -0.1) is 11.3 Å². The van der Waals surface area contributed by atoms with Crippen molar-refractivity contribution in [3.05, 3.63) is 77.3 Å². The van der Waals surface area contributed by atoms with Crippen molar-refractivity contribution in [3.8, 4) is 5.75 Å². The third kappa shape index (κ3) is 5.52. The van der Waals surface area contributed by atoms with Gasteiger partial charge in [-0.25, -0.2) is 4.98 Å². The number of carbonyl (C=O) groups is 2. The van der Waals surface area contributed by atoms with Crippen molar-refractivity contribution in [3.63, 3.8) is 0 Å². The molecule has 2 amide bonds. The fourth-order valence-corrected chi connectivity index (χ4v) is 3.47. The van der Waals surface area contributed by atoms with E-state index >= 15 is 0 Å². The number of amides is 2. The summed E-state index contributed by atoms with van der Waals surface area (Å²) in [7, 11) is 1.61. The molecule has 29 heavy (non-hydrogen) atoms. The summed E-state index contributed by atoms with van der Waals surface area (Å²) >= 11 is 1.35. The van der Waals surface area contributed by atoms with Crippen molar-refractivity contribution >= 4 is 40.0 Å². The Morgan fingerprint density at radius 2 is 1.86 bits per heavy atom. The maximum atomic E-state index is 12.1. The molecule has 0 aliphatic heterocycles. The Kier molecular flexibility index (Phi) is 6.76. The van der Waals surface area contributed by atoms with Crippen LogP contribution < -0.4 is 15.0 Å². The summed E-state index contributed by atoms with van der Waals surface area (Å²) in [5, 5.41) is 5.19. The number of nitrogens with one attached hydrogen (secondary N) is 1. The van der Waals surface area contributed by atoms with Crippen LogP contribution in [0.25, 0.3) is 6.08 Å². The Morgan fingerprint density at radius 3 is 2.52 bits per heavy atom. The smallest absolute Gasteiger partial charge is 0.244 e. The van der Waals surface area contributed by atoms with Crippen molar-refractivity contribution in [2.75, 3.05) is 12.0 Å². The number of hydrogen-bond acceptors (Lipinski definition) is 5. The standard InChI is InChI=1S/C22H21N3O3S/c1-16(26)25(19-6-4-3-5-7-19)22-24-18(15-29-22)10-13-21(27)23-14-17-8-11-20(28-2)12-9-17/h3-13,15H,14H2,1-2H3,(H,23,27)/b13-10+. The summed E-state index contributed by atoms with van der Waals surface area (Å²) in [4.78, 5) is 30.2. The Morgan fingerprint density at radius 1 is 1.14 bits per heavy atom. The number of carbonyl (C=O) groups excluding carboxylic acids is 2. The van der Waals surface area contributed by atoms with Gasteiger partial charge in [0.2, 0.25) is 11.8 Å². The van der Waals surface area contributed by atoms with Gasteiger partial charge in [0.1, 0.15) is 5.75 Å². The van der Waals surface area contributed by atoms with E-state index < -0.39 is 0 Å². The van der Waals surface area contributed by atoms with E-state index in [0.29, 0.717) is 17.4 Å². The largest absolute Gasteiger partial charge is 0.497 e. The first-order chi connectivity index (χ1) is 14.1. The van der Waals surface area contributed by atoms with Crippen LogP contribution >= 0.6 is 11.3 Å². The number of aromatic nitrogens is 1. The molecule has 0 bridgehead atoms. The second kappa shape index (κ2) is 9.66. The van der Waals surface area contributed by atoms with Crippen molar-refractivity contribution in [1.82, 2.24) is 10.3 Å². The average Bonchev–Trinajstić information content (AvgIpc) is 3.20. The summed E-state index contributed by atoms with van der Waals surface area (Å²) in [6.07, 6.45) is 3.07. The molecule has 0 fully saturated rings. The lowest BCUT2D eigenvalue weighted by atomic mass is 10.2. The Balaban J connectivity index is 1.61. The molecule has 0 aliphatic rings. The summed E-state index contributed by atoms with van der Waals surface area (Å²) in [5.74, 6) is 0.426. The van der Waals surface area contributed by atoms with Gasteiger partial charge in [-0.3, -0.25) is 14.5 Å². The zero-order chi connectivity index (χ0) is 20.6. The van der Waals surface area contributed by atoms with Crippen LogP contribution in [-0.2, 0) is 16.1 Å². The van der Waals surface area contributed by atoms with Crippen LogP contribution in [0, 0.1) is 0 Å². The van der Waals surface area contributed by atoms with E-state index in [1.54, 1.807) is 18.1 Å². The van der Waals surface area contributed by atoms with Gasteiger partial charge in [0.05, 0.1) is 18.5 Å². The first kappa shape index (κ1) is 20.3. The van der Waals surface area contributed by atoms with E-state index in [4.69, 9.17) is 4.74 Å². The van der Waals surface area contributed by atoms with Gasteiger partial charge in [0.25, 0.3) is 0 Å². The minimum Gasteiger partial charge on any atom is -0.497 e.